The molecule has 8 aliphatic rings. The maximum absolute atomic E-state index is 12.4. The van der Waals surface area contributed by atoms with Gasteiger partial charge in [-0.15, -0.1) is 0 Å². The van der Waals surface area contributed by atoms with E-state index in [1.54, 1.807) is 0 Å². The van der Waals surface area contributed by atoms with Crippen LogP contribution in [0.5, 0.6) is 0 Å². The molecule has 0 radical (unpaired) electrons. The van der Waals surface area contributed by atoms with Crippen LogP contribution >= 0.6 is 0 Å². The Morgan fingerprint density at radius 1 is 0.795 bits per heavy atom. The first kappa shape index (κ1) is 30.9. The molecule has 5 saturated carbocycles. The van der Waals surface area contributed by atoms with Crippen molar-refractivity contribution in [2.45, 2.75) is 160 Å². The lowest BCUT2D eigenvalue weighted by Gasteiger charge is -2.64. The van der Waals surface area contributed by atoms with Crippen LogP contribution in [0.3, 0.4) is 0 Å². The number of rotatable bonds is 3. The third-order valence-corrected chi connectivity index (χ3v) is 15.7. The maximum atomic E-state index is 12.4. The van der Waals surface area contributed by atoms with Crippen molar-refractivity contribution in [1.29, 1.82) is 0 Å². The Balaban J connectivity index is 1.10. The summed E-state index contributed by atoms with van der Waals surface area (Å²) in [6.07, 6.45) is 1.70. The molecule has 0 aromatic rings. The quantitative estimate of drug-likeness (QED) is 0.301. The second-order valence-electron chi connectivity index (χ2n) is 18.4. The van der Waals surface area contributed by atoms with Crippen LogP contribution in [0.4, 0.5) is 0 Å². The van der Waals surface area contributed by atoms with Gasteiger partial charge in [-0.25, -0.2) is 0 Å². The van der Waals surface area contributed by atoms with E-state index in [-0.39, 0.29) is 69.7 Å². The summed E-state index contributed by atoms with van der Waals surface area (Å²) in [6, 6.07) is 0. The highest BCUT2D eigenvalue weighted by molar-refractivity contribution is 5.34. The zero-order chi connectivity index (χ0) is 31.6. The van der Waals surface area contributed by atoms with Gasteiger partial charge in [0.25, 0.3) is 0 Å². The molecule has 3 heterocycles. The molecular weight excluding hydrogens is 564 g/mol. The van der Waals surface area contributed by atoms with Crippen molar-refractivity contribution in [2.75, 3.05) is 6.61 Å². The topological polar surface area (TPSA) is 138 Å². The molecular formula is C35H56O9. The fourth-order valence-electron chi connectivity index (χ4n) is 14.0. The molecule has 250 valence electrons. The summed E-state index contributed by atoms with van der Waals surface area (Å²) in [7, 11) is 0. The van der Waals surface area contributed by atoms with Gasteiger partial charge < -0.3 is 44.5 Å². The SMILES string of the molecule is C[C@@H]1C[C@H]2O[C@]3(C[C@@]4(C)[C@@H]5[C@@H](O)C[C@H]6C(C)(C)C(O[C@H]7OC[C@@H](O)[C@@H](O)[C@H]7O)CC[C@@]67C[C@@]57CC[C@]4(C)[C@@H]13)OC2C(C)(C)O. The average Bonchev–Trinajstić information content (AvgIpc) is 3.38. The fourth-order valence-corrected chi connectivity index (χ4v) is 14.0. The predicted molar refractivity (Wildman–Crippen MR) is 159 cm³/mol. The molecule has 44 heavy (non-hydrogen) atoms. The van der Waals surface area contributed by atoms with Gasteiger partial charge in [0.1, 0.15) is 24.4 Å². The Labute approximate surface area is 262 Å². The first-order valence-electron chi connectivity index (χ1n) is 17.4. The van der Waals surface area contributed by atoms with Crippen LogP contribution in [0, 0.1) is 50.7 Å². The lowest BCUT2D eigenvalue weighted by molar-refractivity contribution is -0.304. The largest absolute Gasteiger partial charge is 0.393 e. The first-order valence-corrected chi connectivity index (χ1v) is 17.4. The molecule has 0 amide bonds. The molecule has 2 unspecified atom stereocenters. The van der Waals surface area contributed by atoms with E-state index in [0.717, 1.165) is 44.9 Å². The van der Waals surface area contributed by atoms with Crippen molar-refractivity contribution in [3.05, 3.63) is 0 Å². The minimum atomic E-state index is -1.31. The van der Waals surface area contributed by atoms with E-state index < -0.39 is 42.1 Å². The molecule has 5 N–H and O–H groups in total. The lowest BCUT2D eigenvalue weighted by atomic mass is 9.41. The van der Waals surface area contributed by atoms with E-state index in [9.17, 15) is 25.5 Å². The van der Waals surface area contributed by atoms with Crippen LogP contribution < -0.4 is 0 Å². The number of aliphatic hydroxyl groups is 5. The molecule has 0 aromatic carbocycles. The average molecular weight is 621 g/mol. The van der Waals surface area contributed by atoms with Gasteiger partial charge in [-0.3, -0.25) is 0 Å². The smallest absolute Gasteiger partial charge is 0.186 e. The first-order chi connectivity index (χ1) is 20.4. The summed E-state index contributed by atoms with van der Waals surface area (Å²) in [5.41, 5.74) is -1.28. The van der Waals surface area contributed by atoms with E-state index in [4.69, 9.17) is 18.9 Å². The van der Waals surface area contributed by atoms with Crippen molar-refractivity contribution >= 4 is 0 Å². The summed E-state index contributed by atoms with van der Waals surface area (Å²) in [4.78, 5) is 0. The van der Waals surface area contributed by atoms with Crippen molar-refractivity contribution in [1.82, 2.24) is 0 Å². The molecule has 3 aliphatic heterocycles. The van der Waals surface area contributed by atoms with Gasteiger partial charge in [-0.05, 0) is 104 Å². The van der Waals surface area contributed by atoms with Gasteiger partial charge in [-0.2, -0.15) is 0 Å². The number of hydrogen-bond donors (Lipinski definition) is 5. The molecule has 17 atom stereocenters. The summed E-state index contributed by atoms with van der Waals surface area (Å²) in [6.45, 7) is 15.4. The van der Waals surface area contributed by atoms with Crippen LogP contribution in [0.1, 0.15) is 99.8 Å². The molecule has 2 bridgehead atoms. The number of aliphatic hydroxyl groups excluding tert-OH is 4. The minimum absolute atomic E-state index is 0.0465. The van der Waals surface area contributed by atoms with E-state index in [0.29, 0.717) is 12.3 Å². The number of hydrogen-bond acceptors (Lipinski definition) is 9. The van der Waals surface area contributed by atoms with Crippen LogP contribution in [-0.2, 0) is 18.9 Å². The van der Waals surface area contributed by atoms with Crippen LogP contribution in [0.25, 0.3) is 0 Å². The van der Waals surface area contributed by atoms with Crippen LogP contribution in [0.15, 0.2) is 0 Å². The van der Waals surface area contributed by atoms with Gasteiger partial charge in [0.05, 0.1) is 30.5 Å². The monoisotopic (exact) mass is 620 g/mol. The highest BCUT2D eigenvalue weighted by Crippen LogP contribution is 2.90. The highest BCUT2D eigenvalue weighted by Gasteiger charge is 2.87. The second-order valence-corrected chi connectivity index (χ2v) is 18.4. The van der Waals surface area contributed by atoms with E-state index in [2.05, 4.69) is 34.6 Å². The van der Waals surface area contributed by atoms with E-state index in [1.165, 1.54) is 0 Å². The Morgan fingerprint density at radius 3 is 2.23 bits per heavy atom. The van der Waals surface area contributed by atoms with Gasteiger partial charge in [0, 0.05) is 12.3 Å². The summed E-state index contributed by atoms with van der Waals surface area (Å²) >= 11 is 0. The van der Waals surface area contributed by atoms with Crippen molar-refractivity contribution < 1.29 is 44.5 Å². The zero-order valence-electron chi connectivity index (χ0n) is 27.7. The Morgan fingerprint density at radius 2 is 1.52 bits per heavy atom. The molecule has 9 nitrogen and oxygen atoms in total. The molecule has 5 aliphatic carbocycles. The molecule has 8 fully saturated rings. The molecule has 3 saturated heterocycles. The number of ether oxygens (including phenoxy) is 4. The fraction of sp³-hybridized carbons (Fsp3) is 1.00. The maximum Gasteiger partial charge on any atom is 0.186 e. The normalized spacial score (nSPS) is 62.2. The number of fused-ring (bicyclic) bond motifs is 4. The summed E-state index contributed by atoms with van der Waals surface area (Å²) < 4.78 is 25.9. The van der Waals surface area contributed by atoms with Crippen molar-refractivity contribution in [2.24, 2.45) is 50.7 Å². The Bertz CT molecular complexity index is 1200. The molecule has 9 heteroatoms. The van der Waals surface area contributed by atoms with Gasteiger partial charge in [0.2, 0.25) is 0 Å². The van der Waals surface area contributed by atoms with Crippen molar-refractivity contribution in [3.63, 3.8) is 0 Å². The zero-order valence-corrected chi connectivity index (χ0v) is 27.7. The molecule has 8 rings (SSSR count). The highest BCUT2D eigenvalue weighted by atomic mass is 16.8. The van der Waals surface area contributed by atoms with Crippen LogP contribution in [-0.4, -0.2) is 92.5 Å². The standard InChI is InChI=1S/C35H56O9/c1-17-12-20-27(30(4,5)40)44-35(43-20)15-32(7)26-18(36)13-21-29(2,3)22(42-28-24(39)23(38)19(37)14-41-28)8-9-33(21)16-34(26,33)11-10-31(32,6)25(17)35/h17-28,36-40H,8-16H2,1-7H3/t17-,18+,19-,20-,21+,22?,23-,24-,25-,26+,27?,28-,31-,32+,33-,34+,35-/m1/s1. The summed E-state index contributed by atoms with van der Waals surface area (Å²) in [5, 5.41) is 54.2. The van der Waals surface area contributed by atoms with Crippen LogP contribution in [0.2, 0.25) is 0 Å². The van der Waals surface area contributed by atoms with E-state index in [1.807, 2.05) is 13.8 Å². The Kier molecular flexibility index (Phi) is 6.33. The second kappa shape index (κ2) is 9.00. The Hall–Kier alpha value is -0.360. The third kappa shape index (κ3) is 3.53. The lowest BCUT2D eigenvalue weighted by Crippen LogP contribution is -2.63. The van der Waals surface area contributed by atoms with Gasteiger partial charge in [-0.1, -0.05) is 34.6 Å². The predicted octanol–water partition coefficient (Wildman–Crippen LogP) is 3.12. The third-order valence-electron chi connectivity index (χ3n) is 15.7. The minimum Gasteiger partial charge on any atom is -0.393 e. The van der Waals surface area contributed by atoms with Crippen molar-refractivity contribution in [3.8, 4) is 0 Å². The molecule has 0 aromatic heterocycles. The summed E-state index contributed by atoms with van der Waals surface area (Å²) in [5.74, 6) is 0.319. The molecule has 3 spiro atoms. The van der Waals surface area contributed by atoms with Gasteiger partial charge in [0.15, 0.2) is 12.1 Å². The van der Waals surface area contributed by atoms with Gasteiger partial charge >= 0.3 is 0 Å². The van der Waals surface area contributed by atoms with E-state index >= 15 is 0 Å².